The second kappa shape index (κ2) is 9.31. The molecule has 0 saturated carbocycles. The Kier molecular flexibility index (Phi) is 6.05. The summed E-state index contributed by atoms with van der Waals surface area (Å²) in [6, 6.07) is 30.3. The molecule has 1 heterocycles. The highest BCUT2D eigenvalue weighted by Gasteiger charge is 2.16. The Hall–Kier alpha value is -4.04. The van der Waals surface area contributed by atoms with Crippen molar-refractivity contribution in [1.82, 2.24) is 9.97 Å². The molecule has 5 rings (SSSR count). The van der Waals surface area contributed by atoms with Crippen LogP contribution < -0.4 is 0 Å². The topological polar surface area (TPSA) is 25.8 Å². The lowest BCUT2D eigenvalue weighted by atomic mass is 9.96. The van der Waals surface area contributed by atoms with Gasteiger partial charge in [0.15, 0.2) is 0 Å². The lowest BCUT2D eigenvalue weighted by Gasteiger charge is -2.15. The Morgan fingerprint density at radius 1 is 0.486 bits per heavy atom. The Labute approximate surface area is 208 Å². The third-order valence-corrected chi connectivity index (χ3v) is 6.38. The number of benzene rings is 4. The average Bonchev–Trinajstić information content (AvgIpc) is 2.83. The molecule has 0 amide bonds. The van der Waals surface area contributed by atoms with Gasteiger partial charge in [0.1, 0.15) is 0 Å². The van der Waals surface area contributed by atoms with Crippen LogP contribution in [0.2, 0.25) is 0 Å². The number of hydrogen-bond donors (Lipinski definition) is 0. The van der Waals surface area contributed by atoms with Crippen molar-refractivity contribution in [3.8, 4) is 44.9 Å². The van der Waals surface area contributed by atoms with E-state index in [0.29, 0.717) is 0 Å². The van der Waals surface area contributed by atoms with Crippen LogP contribution in [0.5, 0.6) is 0 Å². The molecular weight excluding hydrogens is 424 g/mol. The minimum Gasteiger partial charge on any atom is -0.252 e. The molecule has 35 heavy (non-hydrogen) atoms. The van der Waals surface area contributed by atoms with Gasteiger partial charge in [0.25, 0.3) is 0 Å². The molecule has 5 aromatic rings. The Bertz CT molecular complexity index is 1490. The number of rotatable bonds is 4. The van der Waals surface area contributed by atoms with Gasteiger partial charge in [0.05, 0.1) is 23.3 Å². The van der Waals surface area contributed by atoms with Crippen molar-refractivity contribution in [2.45, 2.75) is 34.6 Å². The van der Waals surface area contributed by atoms with E-state index in [4.69, 9.17) is 9.97 Å². The number of aryl methyl sites for hydroxylation is 5. The summed E-state index contributed by atoms with van der Waals surface area (Å²) in [5.41, 5.74) is 14.5. The van der Waals surface area contributed by atoms with E-state index >= 15 is 0 Å². The quantitative estimate of drug-likeness (QED) is 0.271. The first-order valence-corrected chi connectivity index (χ1v) is 12.1. The van der Waals surface area contributed by atoms with Crippen molar-refractivity contribution in [2.24, 2.45) is 0 Å². The van der Waals surface area contributed by atoms with Crippen LogP contribution in [-0.2, 0) is 0 Å². The Morgan fingerprint density at radius 3 is 1.66 bits per heavy atom. The molecule has 0 unspecified atom stereocenters. The predicted octanol–water partition coefficient (Wildman–Crippen LogP) is 8.69. The summed E-state index contributed by atoms with van der Waals surface area (Å²) >= 11 is 0. The van der Waals surface area contributed by atoms with Crippen LogP contribution in [0.4, 0.5) is 0 Å². The summed E-state index contributed by atoms with van der Waals surface area (Å²) in [7, 11) is 0. The number of hydrogen-bond acceptors (Lipinski definition) is 2. The molecule has 1 aromatic heterocycles. The molecule has 0 aliphatic rings. The molecule has 0 atom stereocenters. The summed E-state index contributed by atoms with van der Waals surface area (Å²) in [6.45, 7) is 10.7. The van der Waals surface area contributed by atoms with Crippen molar-refractivity contribution in [3.63, 3.8) is 0 Å². The lowest BCUT2D eigenvalue weighted by Crippen LogP contribution is -1.98. The fraction of sp³-hybridized carbons (Fsp3) is 0.152. The molecular formula is C33H30N2. The van der Waals surface area contributed by atoms with E-state index in [1.54, 1.807) is 0 Å². The van der Waals surface area contributed by atoms with Gasteiger partial charge >= 0.3 is 0 Å². The van der Waals surface area contributed by atoms with Crippen molar-refractivity contribution >= 4 is 0 Å². The summed E-state index contributed by atoms with van der Waals surface area (Å²) < 4.78 is 0. The third kappa shape index (κ3) is 4.79. The van der Waals surface area contributed by atoms with Crippen LogP contribution >= 0.6 is 0 Å². The molecule has 0 bridgehead atoms. The van der Waals surface area contributed by atoms with Crippen LogP contribution in [0.1, 0.15) is 27.8 Å². The van der Waals surface area contributed by atoms with Crippen LogP contribution in [-0.4, -0.2) is 9.97 Å². The van der Waals surface area contributed by atoms with Gasteiger partial charge in [0.2, 0.25) is 0 Å². The molecule has 2 nitrogen and oxygen atoms in total. The second-order valence-corrected chi connectivity index (χ2v) is 9.60. The zero-order valence-electron chi connectivity index (χ0n) is 21.1. The van der Waals surface area contributed by atoms with E-state index in [1.165, 1.54) is 38.9 Å². The van der Waals surface area contributed by atoms with Crippen LogP contribution in [0.3, 0.4) is 0 Å². The molecule has 0 radical (unpaired) electrons. The highest BCUT2D eigenvalue weighted by Crippen LogP contribution is 2.35. The van der Waals surface area contributed by atoms with Gasteiger partial charge < -0.3 is 0 Å². The number of nitrogens with zero attached hydrogens (tertiary/aromatic N) is 2. The maximum Gasteiger partial charge on any atom is 0.0972 e. The van der Waals surface area contributed by atoms with E-state index < -0.39 is 0 Å². The van der Waals surface area contributed by atoms with Crippen LogP contribution in [0.15, 0.2) is 91.1 Å². The summed E-state index contributed by atoms with van der Waals surface area (Å²) in [5.74, 6) is 0. The van der Waals surface area contributed by atoms with E-state index in [1.807, 2.05) is 12.3 Å². The summed E-state index contributed by atoms with van der Waals surface area (Å²) in [5, 5.41) is 0. The Morgan fingerprint density at radius 2 is 1.06 bits per heavy atom. The first-order chi connectivity index (χ1) is 16.9. The fourth-order valence-electron chi connectivity index (χ4n) is 4.86. The third-order valence-electron chi connectivity index (χ3n) is 6.38. The van der Waals surface area contributed by atoms with Crippen molar-refractivity contribution in [1.29, 1.82) is 0 Å². The van der Waals surface area contributed by atoms with Crippen molar-refractivity contribution in [2.75, 3.05) is 0 Å². The van der Waals surface area contributed by atoms with Crippen LogP contribution in [0, 0.1) is 34.6 Å². The number of aromatic nitrogens is 2. The second-order valence-electron chi connectivity index (χ2n) is 9.60. The molecule has 0 saturated heterocycles. The van der Waals surface area contributed by atoms with Gasteiger partial charge in [0, 0.05) is 16.7 Å². The molecule has 0 aliphatic carbocycles. The van der Waals surface area contributed by atoms with Gasteiger partial charge in [-0.15, -0.1) is 0 Å². The van der Waals surface area contributed by atoms with E-state index in [2.05, 4.69) is 113 Å². The summed E-state index contributed by atoms with van der Waals surface area (Å²) in [6.07, 6.45) is 1.93. The van der Waals surface area contributed by atoms with E-state index in [9.17, 15) is 0 Å². The highest BCUT2D eigenvalue weighted by molar-refractivity contribution is 5.82. The lowest BCUT2D eigenvalue weighted by molar-refractivity contribution is 1.20. The van der Waals surface area contributed by atoms with Gasteiger partial charge in [-0.25, -0.2) is 4.98 Å². The smallest absolute Gasteiger partial charge is 0.0972 e. The van der Waals surface area contributed by atoms with Crippen LogP contribution in [0.25, 0.3) is 44.9 Å². The van der Waals surface area contributed by atoms with Gasteiger partial charge in [-0.3, -0.25) is 4.98 Å². The fourth-order valence-corrected chi connectivity index (χ4v) is 4.86. The maximum absolute atomic E-state index is 5.26. The first kappa shape index (κ1) is 22.7. The van der Waals surface area contributed by atoms with E-state index in [0.717, 1.165) is 33.8 Å². The zero-order valence-corrected chi connectivity index (χ0v) is 21.1. The Balaban J connectivity index is 1.73. The standard InChI is InChI=1S/C33H30N2/c1-21-13-22(2)16-28(15-21)32-33(29-17-23(3)14-24(4)18-29)35-31(20-34-32)30-19-27(12-11-25(30)5)26-9-7-6-8-10-26/h6-20H,1-5H3. The summed E-state index contributed by atoms with van der Waals surface area (Å²) in [4.78, 5) is 10.3. The zero-order chi connectivity index (χ0) is 24.5. The maximum atomic E-state index is 5.26. The van der Waals surface area contributed by atoms with Gasteiger partial charge in [-0.1, -0.05) is 76.9 Å². The van der Waals surface area contributed by atoms with E-state index in [-0.39, 0.29) is 0 Å². The van der Waals surface area contributed by atoms with Crippen molar-refractivity contribution in [3.05, 3.63) is 119 Å². The molecule has 0 spiro atoms. The van der Waals surface area contributed by atoms with Gasteiger partial charge in [-0.05, 0) is 81.6 Å². The highest BCUT2D eigenvalue weighted by atomic mass is 14.8. The molecule has 0 N–H and O–H groups in total. The molecule has 0 aliphatic heterocycles. The molecule has 2 heteroatoms. The SMILES string of the molecule is Cc1cc(C)cc(-c2ncc(-c3cc(-c4ccccc4)ccc3C)nc2-c2cc(C)cc(C)c2)c1. The first-order valence-electron chi connectivity index (χ1n) is 12.1. The monoisotopic (exact) mass is 454 g/mol. The minimum atomic E-state index is 0.891. The molecule has 4 aromatic carbocycles. The van der Waals surface area contributed by atoms with Gasteiger partial charge in [-0.2, -0.15) is 0 Å². The normalized spacial score (nSPS) is 11.0. The average molecular weight is 455 g/mol. The predicted molar refractivity (Wildman–Crippen MR) is 147 cm³/mol. The molecule has 172 valence electrons. The minimum absolute atomic E-state index is 0.891. The largest absolute Gasteiger partial charge is 0.252 e. The molecule has 0 fully saturated rings. The van der Waals surface area contributed by atoms with Crippen molar-refractivity contribution < 1.29 is 0 Å².